The van der Waals surface area contributed by atoms with Gasteiger partial charge >= 0.3 is 5.97 Å². The van der Waals surface area contributed by atoms with E-state index in [9.17, 15) is 42.9 Å². The predicted molar refractivity (Wildman–Crippen MR) is 103 cm³/mol. The van der Waals surface area contributed by atoms with Gasteiger partial charge in [-0.3, -0.25) is 23.4 Å². The monoisotopic (exact) mass is 460 g/mol. The summed E-state index contributed by atoms with van der Waals surface area (Å²) in [7, 11) is -4.42. The third-order valence-electron chi connectivity index (χ3n) is 4.58. The van der Waals surface area contributed by atoms with E-state index in [-0.39, 0.29) is 4.90 Å². The first-order chi connectivity index (χ1) is 14.1. The van der Waals surface area contributed by atoms with E-state index in [0.29, 0.717) is 13.8 Å². The van der Waals surface area contributed by atoms with Gasteiger partial charge in [-0.1, -0.05) is 17.7 Å². The second-order valence-electron chi connectivity index (χ2n) is 6.91. The lowest BCUT2D eigenvalue weighted by atomic mass is 9.72. The Morgan fingerprint density at radius 2 is 1.58 bits per heavy atom. The van der Waals surface area contributed by atoms with Crippen LogP contribution in [0.5, 0.6) is 0 Å². The van der Waals surface area contributed by atoms with Crippen molar-refractivity contribution in [1.29, 1.82) is 0 Å². The summed E-state index contributed by atoms with van der Waals surface area (Å²) in [5.41, 5.74) is -6.09. The van der Waals surface area contributed by atoms with Gasteiger partial charge in [-0.25, -0.2) is 0 Å². The summed E-state index contributed by atoms with van der Waals surface area (Å²) in [5, 5.41) is 31.7. The number of aliphatic hydroxyl groups excluding tert-OH is 1. The third kappa shape index (κ3) is 5.40. The van der Waals surface area contributed by atoms with E-state index < -0.39 is 64.0 Å². The standard InChI is InChI=1S/C19H24O11S/c1-11-5-7-15(8-6-11)31(27,28)29-9-16(24)17(30-14(4)23)19(26,13(3)22)18(25,10-20)12(2)21/h5-8,10,16-17,24-26H,9H2,1-4H3. The molecule has 0 aliphatic heterocycles. The molecule has 0 aliphatic rings. The molecule has 4 atom stereocenters. The molecule has 0 saturated carbocycles. The minimum absolute atomic E-state index is 0.274. The van der Waals surface area contributed by atoms with Crippen LogP contribution in [0.3, 0.4) is 0 Å². The van der Waals surface area contributed by atoms with Crippen LogP contribution in [0.1, 0.15) is 26.3 Å². The Bertz CT molecular complexity index is 954. The number of carbonyl (C=O) groups is 4. The Kier molecular flexibility index (Phi) is 8.34. The van der Waals surface area contributed by atoms with Gasteiger partial charge in [-0.05, 0) is 32.9 Å². The van der Waals surface area contributed by atoms with Gasteiger partial charge in [0.2, 0.25) is 11.2 Å². The van der Waals surface area contributed by atoms with E-state index in [0.717, 1.165) is 12.5 Å². The van der Waals surface area contributed by atoms with Crippen LogP contribution in [0.15, 0.2) is 29.2 Å². The number of ether oxygens (including phenoxy) is 1. The second kappa shape index (κ2) is 9.75. The summed E-state index contributed by atoms with van der Waals surface area (Å²) >= 11 is 0. The first-order valence-corrected chi connectivity index (χ1v) is 10.3. The van der Waals surface area contributed by atoms with Gasteiger partial charge in [0.1, 0.15) is 6.10 Å². The minimum atomic E-state index is -4.42. The molecule has 172 valence electrons. The number of hydrogen-bond acceptors (Lipinski definition) is 11. The van der Waals surface area contributed by atoms with Crippen molar-refractivity contribution in [3.05, 3.63) is 29.8 Å². The normalized spacial score (nSPS) is 17.5. The molecule has 0 spiro atoms. The van der Waals surface area contributed by atoms with Crippen molar-refractivity contribution in [1.82, 2.24) is 0 Å². The fraction of sp³-hybridized carbons (Fsp3) is 0.474. The van der Waals surface area contributed by atoms with Crippen LogP contribution >= 0.6 is 0 Å². The Hall–Kier alpha value is -2.51. The van der Waals surface area contributed by atoms with Gasteiger partial charge in [0.05, 0.1) is 11.5 Å². The summed E-state index contributed by atoms with van der Waals surface area (Å²) in [4.78, 5) is 46.7. The van der Waals surface area contributed by atoms with Crippen LogP contribution in [0.2, 0.25) is 0 Å². The molecule has 11 nitrogen and oxygen atoms in total. The lowest BCUT2D eigenvalue weighted by Crippen LogP contribution is -2.72. The van der Waals surface area contributed by atoms with Gasteiger partial charge in [0, 0.05) is 6.92 Å². The van der Waals surface area contributed by atoms with Crippen LogP contribution < -0.4 is 0 Å². The zero-order valence-corrected chi connectivity index (χ0v) is 18.1. The summed E-state index contributed by atoms with van der Waals surface area (Å²) in [6.45, 7) is 2.73. The van der Waals surface area contributed by atoms with Crippen molar-refractivity contribution in [3.8, 4) is 0 Å². The molecule has 0 bridgehead atoms. The van der Waals surface area contributed by atoms with Crippen LogP contribution in [-0.2, 0) is 38.2 Å². The molecule has 0 radical (unpaired) electrons. The summed E-state index contributed by atoms with van der Waals surface area (Å²) in [6.07, 6.45) is -5.14. The molecule has 0 aromatic heterocycles. The molecule has 4 unspecified atom stereocenters. The molecular formula is C19H24O11S. The first-order valence-electron chi connectivity index (χ1n) is 8.88. The van der Waals surface area contributed by atoms with E-state index in [1.807, 2.05) is 0 Å². The minimum Gasteiger partial charge on any atom is -0.456 e. The summed E-state index contributed by atoms with van der Waals surface area (Å²) < 4.78 is 34.0. The summed E-state index contributed by atoms with van der Waals surface area (Å²) in [6, 6.07) is 5.43. The zero-order valence-electron chi connectivity index (χ0n) is 17.3. The molecule has 12 heteroatoms. The Balaban J connectivity index is 3.35. The van der Waals surface area contributed by atoms with E-state index >= 15 is 0 Å². The molecule has 3 N–H and O–H groups in total. The fourth-order valence-electron chi connectivity index (χ4n) is 2.77. The largest absolute Gasteiger partial charge is 0.456 e. The molecule has 1 rings (SSSR count). The maximum absolute atomic E-state index is 12.3. The van der Waals surface area contributed by atoms with E-state index in [1.165, 1.54) is 24.3 Å². The Morgan fingerprint density at radius 1 is 1.06 bits per heavy atom. The molecule has 0 fully saturated rings. The lowest BCUT2D eigenvalue weighted by Gasteiger charge is -2.42. The van der Waals surface area contributed by atoms with E-state index in [1.54, 1.807) is 6.92 Å². The zero-order chi connectivity index (χ0) is 24.2. The number of ketones is 2. The van der Waals surface area contributed by atoms with Crippen molar-refractivity contribution >= 4 is 33.9 Å². The number of Topliss-reactive ketones (excluding diaryl/α,β-unsaturated/α-hetero) is 2. The number of aryl methyl sites for hydroxylation is 1. The summed E-state index contributed by atoms with van der Waals surface area (Å²) in [5.74, 6) is -3.98. The molecule has 0 heterocycles. The topological polar surface area (TPSA) is 182 Å². The second-order valence-corrected chi connectivity index (χ2v) is 8.53. The highest BCUT2D eigenvalue weighted by molar-refractivity contribution is 7.86. The van der Waals surface area contributed by atoms with Crippen molar-refractivity contribution in [2.45, 2.75) is 56.0 Å². The maximum atomic E-state index is 12.3. The first kappa shape index (κ1) is 26.5. The van der Waals surface area contributed by atoms with Crippen molar-refractivity contribution in [3.63, 3.8) is 0 Å². The third-order valence-corrected chi connectivity index (χ3v) is 5.88. The van der Waals surface area contributed by atoms with Crippen LogP contribution in [0.4, 0.5) is 0 Å². The molecule has 0 saturated heterocycles. The average Bonchev–Trinajstić information content (AvgIpc) is 2.68. The maximum Gasteiger partial charge on any atom is 0.303 e. The van der Waals surface area contributed by atoms with Crippen LogP contribution in [0.25, 0.3) is 0 Å². The van der Waals surface area contributed by atoms with E-state index in [2.05, 4.69) is 0 Å². The van der Waals surface area contributed by atoms with Crippen LogP contribution in [0, 0.1) is 6.92 Å². The number of aliphatic hydroxyl groups is 3. The molecular weight excluding hydrogens is 436 g/mol. The van der Waals surface area contributed by atoms with Gasteiger partial charge in [-0.15, -0.1) is 0 Å². The average molecular weight is 460 g/mol. The highest BCUT2D eigenvalue weighted by atomic mass is 32.2. The van der Waals surface area contributed by atoms with E-state index in [4.69, 9.17) is 8.92 Å². The highest BCUT2D eigenvalue weighted by Gasteiger charge is 2.64. The number of hydrogen-bond donors (Lipinski definition) is 3. The van der Waals surface area contributed by atoms with Gasteiger partial charge in [0.25, 0.3) is 10.1 Å². The number of esters is 1. The number of benzene rings is 1. The molecule has 0 amide bonds. The Morgan fingerprint density at radius 3 is 1.97 bits per heavy atom. The van der Waals surface area contributed by atoms with Gasteiger partial charge in [-0.2, -0.15) is 8.42 Å². The van der Waals surface area contributed by atoms with Gasteiger partial charge < -0.3 is 20.1 Å². The van der Waals surface area contributed by atoms with Gasteiger partial charge in [0.15, 0.2) is 24.0 Å². The van der Waals surface area contributed by atoms with Crippen molar-refractivity contribution in [2.24, 2.45) is 0 Å². The molecule has 0 aliphatic carbocycles. The Labute approximate surface area is 178 Å². The molecule has 31 heavy (non-hydrogen) atoms. The van der Waals surface area contributed by atoms with Crippen molar-refractivity contribution < 1.29 is 51.8 Å². The number of aldehydes is 1. The smallest absolute Gasteiger partial charge is 0.303 e. The number of rotatable bonds is 11. The quantitative estimate of drug-likeness (QED) is 0.157. The molecule has 1 aromatic rings. The SMILES string of the molecule is CC(=O)OC(C(O)COS(=O)(=O)c1ccc(C)cc1)C(O)(C(C)=O)C(O)(C=O)C(C)=O. The highest BCUT2D eigenvalue weighted by Crippen LogP contribution is 2.32. The lowest BCUT2D eigenvalue weighted by molar-refractivity contribution is -0.221. The molecule has 1 aromatic carbocycles. The fourth-order valence-corrected chi connectivity index (χ4v) is 3.69. The van der Waals surface area contributed by atoms with Crippen molar-refractivity contribution in [2.75, 3.05) is 6.61 Å². The van der Waals surface area contributed by atoms with Crippen LogP contribution in [-0.4, -0.2) is 77.6 Å². The number of carbonyl (C=O) groups excluding carboxylic acids is 4. The predicted octanol–water partition coefficient (Wildman–Crippen LogP) is -1.17.